The van der Waals surface area contributed by atoms with Crippen LogP contribution in [0.5, 0.6) is 0 Å². The second kappa shape index (κ2) is 6.23. The number of anilines is 2. The van der Waals surface area contributed by atoms with E-state index in [1.165, 1.54) is 6.07 Å². The van der Waals surface area contributed by atoms with Gasteiger partial charge < -0.3 is 21.1 Å². The molecule has 0 atom stereocenters. The highest BCUT2D eigenvalue weighted by molar-refractivity contribution is 7.21. The van der Waals surface area contributed by atoms with E-state index in [1.807, 2.05) is 6.92 Å². The fourth-order valence-corrected chi connectivity index (χ4v) is 3.47. The summed E-state index contributed by atoms with van der Waals surface area (Å²) >= 11 is 6.91. The lowest BCUT2D eigenvalue weighted by Gasteiger charge is -2.08. The highest BCUT2D eigenvalue weighted by atomic mass is 35.5. The number of pyridine rings is 1. The molecule has 0 saturated heterocycles. The van der Waals surface area contributed by atoms with E-state index in [4.69, 9.17) is 22.4 Å². The van der Waals surface area contributed by atoms with Gasteiger partial charge in [-0.3, -0.25) is 9.59 Å². The van der Waals surface area contributed by atoms with Gasteiger partial charge in [-0.25, -0.2) is 4.79 Å². The minimum atomic E-state index is -1.37. The lowest BCUT2D eigenvalue weighted by molar-refractivity contribution is 0.0695. The van der Waals surface area contributed by atoms with E-state index in [2.05, 4.69) is 10.3 Å². The van der Waals surface area contributed by atoms with Gasteiger partial charge in [-0.15, -0.1) is 11.3 Å². The van der Waals surface area contributed by atoms with E-state index in [-0.39, 0.29) is 10.6 Å². The van der Waals surface area contributed by atoms with Crippen LogP contribution in [0, 0.1) is 6.92 Å². The molecule has 5 N–H and O–H groups in total. The van der Waals surface area contributed by atoms with Crippen LogP contribution in [0.4, 0.5) is 11.4 Å². The van der Waals surface area contributed by atoms with Gasteiger partial charge in [0.25, 0.3) is 11.5 Å². The zero-order chi connectivity index (χ0) is 18.3. The minimum absolute atomic E-state index is 0.107. The molecule has 1 aromatic carbocycles. The van der Waals surface area contributed by atoms with Gasteiger partial charge in [0.2, 0.25) is 0 Å². The van der Waals surface area contributed by atoms with Crippen LogP contribution in [0.1, 0.15) is 25.6 Å². The molecule has 0 unspecified atom stereocenters. The molecule has 25 heavy (non-hydrogen) atoms. The summed E-state index contributed by atoms with van der Waals surface area (Å²) in [4.78, 5) is 38.3. The first kappa shape index (κ1) is 17.0. The number of thiophene rings is 1. The van der Waals surface area contributed by atoms with Gasteiger partial charge in [-0.1, -0.05) is 17.7 Å². The van der Waals surface area contributed by atoms with Crippen LogP contribution in [0.3, 0.4) is 0 Å². The van der Waals surface area contributed by atoms with Crippen LogP contribution >= 0.6 is 22.9 Å². The van der Waals surface area contributed by atoms with Crippen LogP contribution < -0.4 is 16.6 Å². The number of nitrogen functional groups attached to an aromatic ring is 1. The number of hydrogen-bond acceptors (Lipinski definition) is 5. The summed E-state index contributed by atoms with van der Waals surface area (Å²) < 4.78 is 0. The van der Waals surface area contributed by atoms with Gasteiger partial charge in [0.1, 0.15) is 15.3 Å². The van der Waals surface area contributed by atoms with Crippen molar-refractivity contribution in [1.29, 1.82) is 0 Å². The maximum atomic E-state index is 12.5. The van der Waals surface area contributed by atoms with E-state index in [0.29, 0.717) is 20.9 Å². The fraction of sp³-hybridized carbons (Fsp3) is 0.0625. The van der Waals surface area contributed by atoms with E-state index in [1.54, 1.807) is 18.2 Å². The number of aromatic nitrogens is 1. The number of carbonyl (C=O) groups excluding carboxylic acids is 1. The number of fused-ring (bicyclic) bond motifs is 1. The van der Waals surface area contributed by atoms with Crippen LogP contribution in [-0.2, 0) is 0 Å². The minimum Gasteiger partial charge on any atom is -0.477 e. The van der Waals surface area contributed by atoms with Crippen molar-refractivity contribution in [3.05, 3.63) is 55.6 Å². The molecule has 7 nitrogen and oxygen atoms in total. The molecule has 128 valence electrons. The summed E-state index contributed by atoms with van der Waals surface area (Å²) in [6.07, 6.45) is 0. The Hall–Kier alpha value is -2.84. The van der Waals surface area contributed by atoms with Crippen LogP contribution in [-0.4, -0.2) is 22.0 Å². The highest BCUT2D eigenvalue weighted by Crippen LogP contribution is 2.33. The number of H-pyrrole nitrogens is 1. The van der Waals surface area contributed by atoms with Crippen molar-refractivity contribution in [1.82, 2.24) is 4.98 Å². The number of aromatic amines is 1. The zero-order valence-electron chi connectivity index (χ0n) is 12.8. The molecule has 3 aromatic rings. The first-order valence-corrected chi connectivity index (χ1v) is 8.23. The number of rotatable bonds is 3. The Kier molecular flexibility index (Phi) is 4.23. The molecule has 1 amide bonds. The first-order chi connectivity index (χ1) is 11.8. The smallest absolute Gasteiger partial charge is 0.341 e. The van der Waals surface area contributed by atoms with Crippen molar-refractivity contribution in [2.45, 2.75) is 6.92 Å². The number of benzene rings is 1. The Morgan fingerprint density at radius 1 is 1.32 bits per heavy atom. The maximum Gasteiger partial charge on any atom is 0.341 e. The second-order valence-corrected chi connectivity index (χ2v) is 6.78. The molecule has 3 rings (SSSR count). The molecule has 0 saturated carbocycles. The molecule has 0 bridgehead atoms. The van der Waals surface area contributed by atoms with E-state index >= 15 is 0 Å². The molecule has 0 aliphatic rings. The molecule has 2 aromatic heterocycles. The summed E-state index contributed by atoms with van der Waals surface area (Å²) in [5.41, 5.74) is 6.26. The maximum absolute atomic E-state index is 12.5. The van der Waals surface area contributed by atoms with Crippen molar-refractivity contribution < 1.29 is 14.7 Å². The second-order valence-electron chi connectivity index (χ2n) is 5.32. The van der Waals surface area contributed by atoms with Crippen LogP contribution in [0.25, 0.3) is 10.2 Å². The van der Waals surface area contributed by atoms with Gasteiger partial charge in [-0.05, 0) is 30.7 Å². The lowest BCUT2D eigenvalue weighted by atomic mass is 10.2. The van der Waals surface area contributed by atoms with E-state index < -0.39 is 23.0 Å². The molecule has 0 aliphatic heterocycles. The Bertz CT molecular complexity index is 1090. The molecule has 2 heterocycles. The lowest BCUT2D eigenvalue weighted by Crippen LogP contribution is -2.16. The molecule has 0 aliphatic carbocycles. The summed E-state index contributed by atoms with van der Waals surface area (Å²) in [5, 5.41) is 12.5. The number of amides is 1. The number of carboxylic acids is 1. The molecule has 0 radical (unpaired) electrons. The quantitative estimate of drug-likeness (QED) is 0.558. The monoisotopic (exact) mass is 377 g/mol. The predicted octanol–water partition coefficient (Wildman–Crippen LogP) is 3.08. The van der Waals surface area contributed by atoms with Crippen LogP contribution in [0.2, 0.25) is 5.02 Å². The van der Waals surface area contributed by atoms with Crippen molar-refractivity contribution in [2.75, 3.05) is 11.1 Å². The largest absolute Gasteiger partial charge is 0.477 e. The van der Waals surface area contributed by atoms with Crippen LogP contribution in [0.15, 0.2) is 29.1 Å². The summed E-state index contributed by atoms with van der Waals surface area (Å²) in [5.74, 6) is -1.84. The number of carboxylic acid groups (broad SMARTS) is 1. The number of carbonyl (C=O) groups is 2. The normalized spacial score (nSPS) is 10.8. The Labute approximate surface area is 150 Å². The Morgan fingerprint density at radius 2 is 2.04 bits per heavy atom. The van der Waals surface area contributed by atoms with Gasteiger partial charge >= 0.3 is 5.97 Å². The van der Waals surface area contributed by atoms with Gasteiger partial charge in [-0.2, -0.15) is 0 Å². The van der Waals surface area contributed by atoms with Crippen molar-refractivity contribution >= 4 is 56.4 Å². The van der Waals surface area contributed by atoms with Gasteiger partial charge in [0.15, 0.2) is 0 Å². The molecule has 0 spiro atoms. The number of hydrogen-bond donors (Lipinski definition) is 4. The third-order valence-electron chi connectivity index (χ3n) is 3.63. The standard InChI is InChI=1S/C16H12ClN3O4S/c1-6-2-3-7(17)4-10(6)19-14(22)12-11(18)8-5-9(16(23)24)13(21)20-15(8)25-12/h2-5H,18H2,1H3,(H,19,22)(H,20,21)(H,23,24). The van der Waals surface area contributed by atoms with Crippen molar-refractivity contribution in [3.8, 4) is 0 Å². The molecule has 9 heteroatoms. The third kappa shape index (κ3) is 3.09. The summed E-state index contributed by atoms with van der Waals surface area (Å²) in [7, 11) is 0. The Morgan fingerprint density at radius 3 is 2.72 bits per heavy atom. The number of aromatic carboxylic acids is 1. The SMILES string of the molecule is Cc1ccc(Cl)cc1NC(=O)c1sc2[nH]c(=O)c(C(=O)O)cc2c1N. The van der Waals surface area contributed by atoms with E-state index in [9.17, 15) is 14.4 Å². The topological polar surface area (TPSA) is 125 Å². The Balaban J connectivity index is 2.05. The molecular formula is C16H12ClN3O4S. The summed E-state index contributed by atoms with van der Waals surface area (Å²) in [6, 6.07) is 6.26. The van der Waals surface area contributed by atoms with Crippen molar-refractivity contribution in [3.63, 3.8) is 0 Å². The number of nitrogens with two attached hydrogens (primary N) is 1. The number of nitrogens with one attached hydrogen (secondary N) is 2. The molecule has 0 fully saturated rings. The predicted molar refractivity (Wildman–Crippen MR) is 98.0 cm³/mol. The average Bonchev–Trinajstić information content (AvgIpc) is 2.86. The van der Waals surface area contributed by atoms with E-state index in [0.717, 1.165) is 16.9 Å². The zero-order valence-corrected chi connectivity index (χ0v) is 14.4. The van der Waals surface area contributed by atoms with Gasteiger partial charge in [0.05, 0.1) is 5.69 Å². The first-order valence-electron chi connectivity index (χ1n) is 7.04. The van der Waals surface area contributed by atoms with Gasteiger partial charge in [0, 0.05) is 16.1 Å². The molecular weight excluding hydrogens is 366 g/mol. The fourth-order valence-electron chi connectivity index (χ4n) is 2.31. The van der Waals surface area contributed by atoms with Crippen molar-refractivity contribution in [2.24, 2.45) is 0 Å². The number of aryl methyl sites for hydroxylation is 1. The summed E-state index contributed by atoms with van der Waals surface area (Å²) in [6.45, 7) is 1.82. The average molecular weight is 378 g/mol. The number of halogens is 1. The highest BCUT2D eigenvalue weighted by Gasteiger charge is 2.20. The third-order valence-corrected chi connectivity index (χ3v) is 5.00.